The zero-order valence-corrected chi connectivity index (χ0v) is 13.3. The van der Waals surface area contributed by atoms with Crippen LogP contribution in [0.15, 0.2) is 30.3 Å². The van der Waals surface area contributed by atoms with Gasteiger partial charge in [0.05, 0.1) is 0 Å². The van der Waals surface area contributed by atoms with Crippen LogP contribution in [0.2, 0.25) is 0 Å². The van der Waals surface area contributed by atoms with Crippen LogP contribution >= 0.6 is 0 Å². The van der Waals surface area contributed by atoms with E-state index < -0.39 is 5.60 Å². The first kappa shape index (κ1) is 14.4. The van der Waals surface area contributed by atoms with Crippen LogP contribution in [0, 0.1) is 5.41 Å². The van der Waals surface area contributed by atoms with E-state index in [1.807, 2.05) is 25.7 Å². The predicted octanol–water partition coefficient (Wildman–Crippen LogP) is 4.19. The molecule has 3 rings (SSSR count). The molecule has 1 atom stereocenters. The van der Waals surface area contributed by atoms with E-state index >= 15 is 0 Å². The van der Waals surface area contributed by atoms with Crippen LogP contribution in [0.1, 0.15) is 51.5 Å². The number of likely N-dealkylation sites (tertiary alicyclic amines) is 1. The Morgan fingerprint density at radius 3 is 2.52 bits per heavy atom. The van der Waals surface area contributed by atoms with E-state index in [0.717, 1.165) is 13.1 Å². The van der Waals surface area contributed by atoms with Crippen molar-refractivity contribution in [2.75, 3.05) is 13.1 Å². The Morgan fingerprint density at radius 1 is 1.24 bits per heavy atom. The highest BCUT2D eigenvalue weighted by atomic mass is 16.6. The Hall–Kier alpha value is -1.51. The predicted molar refractivity (Wildman–Crippen MR) is 83.3 cm³/mol. The Labute approximate surface area is 127 Å². The number of hydrogen-bond donors (Lipinski definition) is 0. The number of amides is 1. The van der Waals surface area contributed by atoms with Gasteiger partial charge in [-0.25, -0.2) is 4.79 Å². The fraction of sp³-hybridized carbons (Fsp3) is 0.611. The Kier molecular flexibility index (Phi) is 3.46. The van der Waals surface area contributed by atoms with E-state index in [0.29, 0.717) is 11.3 Å². The van der Waals surface area contributed by atoms with Crippen molar-refractivity contribution >= 4 is 6.09 Å². The topological polar surface area (TPSA) is 29.5 Å². The molecule has 1 aliphatic carbocycles. The molecule has 0 radical (unpaired) electrons. The summed E-state index contributed by atoms with van der Waals surface area (Å²) in [5, 5.41) is 0. The molecule has 0 aromatic heterocycles. The quantitative estimate of drug-likeness (QED) is 0.775. The van der Waals surface area contributed by atoms with Crippen LogP contribution in [0.3, 0.4) is 0 Å². The summed E-state index contributed by atoms with van der Waals surface area (Å²) in [6, 6.07) is 10.8. The second-order valence-corrected chi connectivity index (χ2v) is 7.69. The second-order valence-electron chi connectivity index (χ2n) is 7.69. The average molecular weight is 287 g/mol. The molecule has 1 unspecified atom stereocenters. The van der Waals surface area contributed by atoms with Gasteiger partial charge in [0, 0.05) is 18.5 Å². The number of nitrogens with zero attached hydrogens (tertiary/aromatic N) is 1. The molecular formula is C18H25NO2. The van der Waals surface area contributed by atoms with E-state index in [1.54, 1.807) is 0 Å². The van der Waals surface area contributed by atoms with E-state index in [1.165, 1.54) is 24.8 Å². The molecule has 1 aromatic rings. The molecule has 0 bridgehead atoms. The summed E-state index contributed by atoms with van der Waals surface area (Å²) in [7, 11) is 0. The smallest absolute Gasteiger partial charge is 0.410 e. The maximum atomic E-state index is 12.0. The number of carbonyl (C=O) groups excluding carboxylic acids is 1. The molecule has 3 heteroatoms. The van der Waals surface area contributed by atoms with Crippen LogP contribution in [0.4, 0.5) is 4.79 Å². The van der Waals surface area contributed by atoms with E-state index in [2.05, 4.69) is 30.3 Å². The third-order valence-electron chi connectivity index (χ3n) is 4.68. The van der Waals surface area contributed by atoms with E-state index in [4.69, 9.17) is 4.74 Å². The summed E-state index contributed by atoms with van der Waals surface area (Å²) >= 11 is 0. The van der Waals surface area contributed by atoms with Crippen LogP contribution in [-0.2, 0) is 4.74 Å². The lowest BCUT2D eigenvalue weighted by Crippen LogP contribution is -2.58. The number of rotatable bonds is 1. The van der Waals surface area contributed by atoms with Gasteiger partial charge in [-0.1, -0.05) is 30.3 Å². The zero-order chi connectivity index (χ0) is 15.1. The molecule has 1 saturated heterocycles. The van der Waals surface area contributed by atoms with Gasteiger partial charge in [0.25, 0.3) is 0 Å². The van der Waals surface area contributed by atoms with E-state index in [9.17, 15) is 4.79 Å². The van der Waals surface area contributed by atoms with Gasteiger partial charge in [0.2, 0.25) is 0 Å². The Bertz CT molecular complexity index is 512. The second kappa shape index (κ2) is 5.04. The molecule has 114 valence electrons. The Balaban J connectivity index is 1.55. The van der Waals surface area contributed by atoms with Crippen LogP contribution in [-0.4, -0.2) is 29.7 Å². The normalized spacial score (nSPS) is 24.0. The highest BCUT2D eigenvalue weighted by Gasteiger charge is 2.50. The molecule has 1 heterocycles. The van der Waals surface area contributed by atoms with Gasteiger partial charge in [0.15, 0.2) is 0 Å². The van der Waals surface area contributed by atoms with Gasteiger partial charge >= 0.3 is 6.09 Å². The largest absolute Gasteiger partial charge is 0.444 e. The SMILES string of the molecule is CC(C)(C)OC(=O)N1CC2(CCC(c3ccccc3)C2)C1. The third-order valence-corrected chi connectivity index (χ3v) is 4.68. The standard InChI is InChI=1S/C18H25NO2/c1-17(2,3)21-16(20)19-12-18(13-19)10-9-15(11-18)14-7-5-4-6-8-14/h4-8,15H,9-13H2,1-3H3. The van der Waals surface area contributed by atoms with Gasteiger partial charge in [-0.2, -0.15) is 0 Å². The molecule has 1 aliphatic heterocycles. The maximum Gasteiger partial charge on any atom is 0.410 e. The number of carbonyl (C=O) groups is 1. The van der Waals surface area contributed by atoms with Gasteiger partial charge in [-0.05, 0) is 51.5 Å². The first-order valence-electron chi connectivity index (χ1n) is 7.90. The molecule has 1 spiro atoms. The first-order chi connectivity index (χ1) is 9.87. The van der Waals surface area contributed by atoms with Crippen molar-refractivity contribution in [3.63, 3.8) is 0 Å². The molecule has 2 aliphatic rings. The van der Waals surface area contributed by atoms with Crippen molar-refractivity contribution in [1.29, 1.82) is 0 Å². The van der Waals surface area contributed by atoms with Crippen molar-refractivity contribution in [2.45, 2.75) is 51.6 Å². The van der Waals surface area contributed by atoms with Crippen LogP contribution in [0.5, 0.6) is 0 Å². The van der Waals surface area contributed by atoms with Gasteiger partial charge in [-0.3, -0.25) is 0 Å². The van der Waals surface area contributed by atoms with Crippen molar-refractivity contribution in [3.8, 4) is 0 Å². The summed E-state index contributed by atoms with van der Waals surface area (Å²) in [6.07, 6.45) is 3.52. The van der Waals surface area contributed by atoms with Crippen molar-refractivity contribution in [2.24, 2.45) is 5.41 Å². The minimum absolute atomic E-state index is 0.156. The van der Waals surface area contributed by atoms with Crippen molar-refractivity contribution in [1.82, 2.24) is 4.90 Å². The molecule has 1 amide bonds. The minimum Gasteiger partial charge on any atom is -0.444 e. The summed E-state index contributed by atoms with van der Waals surface area (Å²) in [5.41, 5.74) is 1.39. The molecule has 21 heavy (non-hydrogen) atoms. The summed E-state index contributed by atoms with van der Waals surface area (Å²) < 4.78 is 5.44. The number of benzene rings is 1. The number of hydrogen-bond acceptors (Lipinski definition) is 2. The summed E-state index contributed by atoms with van der Waals surface area (Å²) in [4.78, 5) is 13.9. The van der Waals surface area contributed by atoms with Gasteiger partial charge in [-0.15, -0.1) is 0 Å². The van der Waals surface area contributed by atoms with Gasteiger partial charge < -0.3 is 9.64 Å². The monoisotopic (exact) mass is 287 g/mol. The number of ether oxygens (including phenoxy) is 1. The Morgan fingerprint density at radius 2 is 1.90 bits per heavy atom. The summed E-state index contributed by atoms with van der Waals surface area (Å²) in [6.45, 7) is 7.49. The molecule has 0 N–H and O–H groups in total. The van der Waals surface area contributed by atoms with Crippen LogP contribution < -0.4 is 0 Å². The molecule has 3 nitrogen and oxygen atoms in total. The summed E-state index contributed by atoms with van der Waals surface area (Å²) in [5.74, 6) is 0.659. The lowest BCUT2D eigenvalue weighted by atomic mass is 9.77. The highest BCUT2D eigenvalue weighted by molar-refractivity contribution is 5.69. The van der Waals surface area contributed by atoms with Gasteiger partial charge in [0.1, 0.15) is 5.60 Å². The van der Waals surface area contributed by atoms with Crippen LogP contribution in [0.25, 0.3) is 0 Å². The minimum atomic E-state index is -0.401. The van der Waals surface area contributed by atoms with Crippen molar-refractivity contribution < 1.29 is 9.53 Å². The average Bonchev–Trinajstić information content (AvgIpc) is 2.81. The molecular weight excluding hydrogens is 262 g/mol. The lowest BCUT2D eigenvalue weighted by molar-refractivity contribution is -0.0323. The zero-order valence-electron chi connectivity index (χ0n) is 13.3. The van der Waals surface area contributed by atoms with E-state index in [-0.39, 0.29) is 6.09 Å². The third kappa shape index (κ3) is 3.07. The molecule has 1 saturated carbocycles. The highest BCUT2D eigenvalue weighted by Crippen LogP contribution is 2.51. The fourth-order valence-electron chi connectivity index (χ4n) is 3.72. The van der Waals surface area contributed by atoms with Crippen molar-refractivity contribution in [3.05, 3.63) is 35.9 Å². The first-order valence-corrected chi connectivity index (χ1v) is 7.90. The lowest BCUT2D eigenvalue weighted by Gasteiger charge is -2.48. The molecule has 2 fully saturated rings. The fourth-order valence-corrected chi connectivity index (χ4v) is 3.72. The molecule has 1 aromatic carbocycles. The maximum absolute atomic E-state index is 12.0.